The van der Waals surface area contributed by atoms with Gasteiger partial charge in [-0.1, -0.05) is 218 Å². The van der Waals surface area contributed by atoms with E-state index in [0.717, 1.165) is 0 Å². The van der Waals surface area contributed by atoms with Gasteiger partial charge < -0.3 is 18.3 Å². The molecule has 4 aromatic heterocycles. The van der Waals surface area contributed by atoms with E-state index >= 15 is 0 Å². The van der Waals surface area contributed by atoms with E-state index < -0.39 is 0 Å². The van der Waals surface area contributed by atoms with Crippen molar-refractivity contribution >= 4 is 87.2 Å². The molecule has 4 heteroatoms. The van der Waals surface area contributed by atoms with E-state index in [4.69, 9.17) is 0 Å². The van der Waals surface area contributed by atoms with Crippen LogP contribution in [0, 0.1) is 0 Å². The number of fused-ring (bicyclic) bond motifs is 12. The van der Waals surface area contributed by atoms with E-state index in [9.17, 15) is 0 Å². The maximum absolute atomic E-state index is 2.32. The minimum atomic E-state index is 1.21. The fourth-order valence-electron chi connectivity index (χ4n) is 11.1. The Hall–Kier alpha value is -10.2. The van der Waals surface area contributed by atoms with Crippen LogP contribution in [0.2, 0.25) is 0 Å². The molecule has 0 aliphatic rings. The van der Waals surface area contributed by atoms with Crippen molar-refractivity contribution < 1.29 is 0 Å². The van der Waals surface area contributed by atoms with Crippen molar-refractivity contribution in [1.82, 2.24) is 18.3 Å². The number of para-hydroxylation sites is 12. The van der Waals surface area contributed by atoms with Crippen LogP contribution in [0.4, 0.5) is 0 Å². The number of benzene rings is 12. The summed E-state index contributed by atoms with van der Waals surface area (Å²) in [6, 6.07) is 111. The molecule has 0 aliphatic heterocycles. The van der Waals surface area contributed by atoms with Crippen LogP contribution in [0.1, 0.15) is 0 Å². The highest BCUT2D eigenvalue weighted by molar-refractivity contribution is 6.12. The van der Waals surface area contributed by atoms with Gasteiger partial charge in [-0.15, -0.1) is 0 Å². The third-order valence-electron chi connectivity index (χ3n) is 14.4. The molecule has 0 fully saturated rings. The third kappa shape index (κ3) is 8.34. The highest BCUT2D eigenvalue weighted by atomic mass is 15.0. The molecule has 0 atom stereocenters. The lowest BCUT2D eigenvalue weighted by atomic mass is 10.2. The number of aromatic nitrogens is 4. The van der Waals surface area contributed by atoms with Crippen molar-refractivity contribution in [3.05, 3.63) is 315 Å². The first-order chi connectivity index (χ1) is 37.8. The predicted octanol–water partition coefficient (Wildman–Crippen LogP) is 19.1. The van der Waals surface area contributed by atoms with Gasteiger partial charge in [0.15, 0.2) is 0 Å². The van der Waals surface area contributed by atoms with Crippen molar-refractivity contribution in [2.45, 2.75) is 0 Å². The molecule has 0 saturated carbocycles. The molecule has 0 saturated heterocycles. The van der Waals surface area contributed by atoms with E-state index in [1.54, 1.807) is 0 Å². The highest BCUT2D eigenvalue weighted by Crippen LogP contribution is 2.35. The molecule has 12 aromatic carbocycles. The Balaban J connectivity index is 0.0000000970. The molecule has 0 N–H and O–H groups in total. The van der Waals surface area contributed by atoms with Gasteiger partial charge in [-0.3, -0.25) is 0 Å². The number of hydrogen-bond donors (Lipinski definition) is 0. The second-order valence-electron chi connectivity index (χ2n) is 18.8. The summed E-state index contributed by atoms with van der Waals surface area (Å²) < 4.78 is 9.30. The van der Waals surface area contributed by atoms with E-state index in [0.29, 0.717) is 0 Å². The molecule has 4 heterocycles. The van der Waals surface area contributed by atoms with Gasteiger partial charge in [0.2, 0.25) is 0 Å². The topological polar surface area (TPSA) is 19.7 Å². The van der Waals surface area contributed by atoms with Gasteiger partial charge in [0.25, 0.3) is 0 Å². The lowest BCUT2D eigenvalue weighted by Gasteiger charge is -2.06. The Morgan fingerprint density at radius 2 is 0.237 bits per heavy atom. The normalized spacial score (nSPS) is 11.2. The van der Waals surface area contributed by atoms with Crippen LogP contribution in [0.5, 0.6) is 0 Å². The number of hydrogen-bond acceptors (Lipinski definition) is 0. The summed E-state index contributed by atoms with van der Waals surface area (Å²) >= 11 is 0. The summed E-state index contributed by atoms with van der Waals surface area (Å²) in [5.41, 5.74) is 14.9. The van der Waals surface area contributed by atoms with Gasteiger partial charge in [-0.05, 0) is 97.1 Å². The molecule has 0 aliphatic carbocycles. The van der Waals surface area contributed by atoms with Gasteiger partial charge >= 0.3 is 0 Å². The van der Waals surface area contributed by atoms with Crippen molar-refractivity contribution in [2.75, 3.05) is 0 Å². The zero-order valence-electron chi connectivity index (χ0n) is 41.8. The summed E-state index contributed by atoms with van der Waals surface area (Å²) in [5, 5.41) is 10.5. The summed E-state index contributed by atoms with van der Waals surface area (Å²) in [6.07, 6.45) is 0. The summed E-state index contributed by atoms with van der Waals surface area (Å²) in [6.45, 7) is 0. The van der Waals surface area contributed by atoms with Gasteiger partial charge in [-0.25, -0.2) is 0 Å². The summed E-state index contributed by atoms with van der Waals surface area (Å²) in [5.74, 6) is 0. The Kier molecular flexibility index (Phi) is 12.3. The first kappa shape index (κ1) is 45.7. The molecule has 0 spiro atoms. The van der Waals surface area contributed by atoms with Gasteiger partial charge in [0, 0.05) is 65.8 Å². The first-order valence-electron chi connectivity index (χ1n) is 25.9. The Morgan fingerprint density at radius 3 is 0.382 bits per heavy atom. The van der Waals surface area contributed by atoms with Gasteiger partial charge in [0.05, 0.1) is 44.1 Å². The fourth-order valence-corrected chi connectivity index (χ4v) is 11.1. The largest absolute Gasteiger partial charge is 0.309 e. The first-order valence-corrected chi connectivity index (χ1v) is 25.9. The minimum Gasteiger partial charge on any atom is -0.309 e. The molecule has 0 amide bonds. The lowest BCUT2D eigenvalue weighted by Crippen LogP contribution is -1.92. The van der Waals surface area contributed by atoms with Crippen LogP contribution in [0.25, 0.3) is 110 Å². The van der Waals surface area contributed by atoms with Crippen LogP contribution in [0.3, 0.4) is 0 Å². The van der Waals surface area contributed by atoms with Crippen molar-refractivity contribution in [3.63, 3.8) is 0 Å². The third-order valence-corrected chi connectivity index (χ3v) is 14.4. The molecule has 0 unspecified atom stereocenters. The van der Waals surface area contributed by atoms with E-state index in [-0.39, 0.29) is 0 Å². The van der Waals surface area contributed by atoms with Crippen molar-refractivity contribution in [3.8, 4) is 22.7 Å². The average Bonchev–Trinajstić information content (AvgIpc) is 4.31. The standard InChI is InChI=1S/4C18H13N/c4*1-2-8-14(9-3-1)19-17-12-6-4-10-15(17)16-11-5-7-13-18(16)19/h4*1-13H. The number of nitrogens with zero attached hydrogens (tertiary/aromatic N) is 4. The van der Waals surface area contributed by atoms with E-state index in [2.05, 4.69) is 334 Å². The molecule has 16 rings (SSSR count). The van der Waals surface area contributed by atoms with E-state index in [1.165, 1.54) is 110 Å². The SMILES string of the molecule is c1ccc(-n2c3ccccc3c3ccccc32)cc1.c1ccc(-n2c3ccccc3c3ccccc32)cc1.c1ccc(-n2c3ccccc3c3ccccc32)cc1.c1ccc(-n2c3ccccc3c3ccccc32)cc1. The molecular weight excluding hydrogens is 921 g/mol. The molecule has 360 valence electrons. The van der Waals surface area contributed by atoms with E-state index in [1.807, 2.05) is 0 Å². The average molecular weight is 973 g/mol. The van der Waals surface area contributed by atoms with Crippen LogP contribution in [-0.2, 0) is 0 Å². The van der Waals surface area contributed by atoms with Crippen LogP contribution >= 0.6 is 0 Å². The van der Waals surface area contributed by atoms with Gasteiger partial charge in [-0.2, -0.15) is 0 Å². The molecular formula is C72H52N4. The van der Waals surface area contributed by atoms with Gasteiger partial charge in [0.1, 0.15) is 0 Å². The Bertz CT molecular complexity index is 3810. The monoisotopic (exact) mass is 972 g/mol. The molecule has 0 radical (unpaired) electrons. The lowest BCUT2D eigenvalue weighted by molar-refractivity contribution is 1.18. The Labute approximate surface area is 441 Å². The molecule has 16 aromatic rings. The molecule has 4 nitrogen and oxygen atoms in total. The fraction of sp³-hybridized carbons (Fsp3) is 0. The second-order valence-corrected chi connectivity index (χ2v) is 18.8. The second kappa shape index (κ2) is 20.4. The maximum Gasteiger partial charge on any atom is 0.0541 e. The summed E-state index contributed by atoms with van der Waals surface area (Å²) in [4.78, 5) is 0. The Morgan fingerprint density at radius 1 is 0.118 bits per heavy atom. The number of rotatable bonds is 4. The quantitative estimate of drug-likeness (QED) is 0.167. The zero-order valence-corrected chi connectivity index (χ0v) is 41.8. The highest BCUT2D eigenvalue weighted by Gasteiger charge is 2.14. The predicted molar refractivity (Wildman–Crippen MR) is 323 cm³/mol. The maximum atomic E-state index is 2.32. The molecule has 76 heavy (non-hydrogen) atoms. The van der Waals surface area contributed by atoms with Crippen LogP contribution < -0.4 is 0 Å². The zero-order chi connectivity index (χ0) is 50.6. The van der Waals surface area contributed by atoms with Crippen molar-refractivity contribution in [1.29, 1.82) is 0 Å². The van der Waals surface area contributed by atoms with Crippen LogP contribution in [0.15, 0.2) is 315 Å². The molecule has 0 bridgehead atoms. The summed E-state index contributed by atoms with van der Waals surface area (Å²) in [7, 11) is 0. The minimum absolute atomic E-state index is 1.21. The smallest absolute Gasteiger partial charge is 0.0541 e. The van der Waals surface area contributed by atoms with Crippen molar-refractivity contribution in [2.24, 2.45) is 0 Å². The van der Waals surface area contributed by atoms with Crippen LogP contribution in [-0.4, -0.2) is 18.3 Å².